The Hall–Kier alpha value is -0.920. The molecular formula is C29H54O2. The van der Waals surface area contributed by atoms with Gasteiger partial charge in [-0.2, -0.15) is 0 Å². The van der Waals surface area contributed by atoms with E-state index in [4.69, 9.17) is 0 Å². The maximum absolute atomic E-state index is 11.4. The average molecular weight is 435 g/mol. The third kappa shape index (κ3) is 27.0. The predicted octanol–water partition coefficient (Wildman–Crippen LogP) is 9.69. The van der Waals surface area contributed by atoms with Crippen LogP contribution in [-0.2, 0) is 9.59 Å². The topological polar surface area (TPSA) is 34.1 Å². The zero-order valence-electron chi connectivity index (χ0n) is 21.2. The van der Waals surface area contributed by atoms with Gasteiger partial charge in [0, 0.05) is 6.42 Å². The third-order valence-electron chi connectivity index (χ3n) is 6.16. The molecule has 0 fully saturated rings. The number of allylic oxidation sites excluding steroid dienone is 2. The molecule has 2 nitrogen and oxygen atoms in total. The van der Waals surface area contributed by atoms with E-state index in [2.05, 4.69) is 19.1 Å². The van der Waals surface area contributed by atoms with Gasteiger partial charge in [0.15, 0.2) is 0 Å². The number of Topliss-reactive ketones (excluding diaryl/α,β-unsaturated/α-hetero) is 2. The molecule has 0 rings (SSSR count). The highest BCUT2D eigenvalue weighted by molar-refractivity contribution is 5.97. The normalized spacial score (nSPS) is 11.4. The Balaban J connectivity index is 3.13. The van der Waals surface area contributed by atoms with Crippen molar-refractivity contribution >= 4 is 11.6 Å². The lowest BCUT2D eigenvalue weighted by Crippen LogP contribution is -2.03. The van der Waals surface area contributed by atoms with Crippen LogP contribution < -0.4 is 0 Å². The van der Waals surface area contributed by atoms with Crippen LogP contribution in [0.25, 0.3) is 0 Å². The molecule has 2 heteroatoms. The first-order chi connectivity index (χ1) is 15.2. The smallest absolute Gasteiger partial charge is 0.140 e. The van der Waals surface area contributed by atoms with Crippen LogP contribution in [0, 0.1) is 0 Å². The number of hydrogen-bond donors (Lipinski definition) is 0. The molecule has 0 amide bonds. The molecule has 31 heavy (non-hydrogen) atoms. The lowest BCUT2D eigenvalue weighted by atomic mass is 10.0. The summed E-state index contributed by atoms with van der Waals surface area (Å²) in [6.45, 7) is 3.78. The predicted molar refractivity (Wildman–Crippen MR) is 137 cm³/mol. The fourth-order valence-corrected chi connectivity index (χ4v) is 4.17. The van der Waals surface area contributed by atoms with Gasteiger partial charge in [-0.05, 0) is 39.0 Å². The molecule has 0 aliphatic rings. The molecular weight excluding hydrogens is 380 g/mol. The SMILES string of the molecule is CCCCCCCCC=CCCCCCCCCCCCCCCCC(=O)CC(C)=O. The molecule has 0 atom stereocenters. The van der Waals surface area contributed by atoms with Gasteiger partial charge in [-0.15, -0.1) is 0 Å². The first kappa shape index (κ1) is 30.1. The van der Waals surface area contributed by atoms with Crippen molar-refractivity contribution in [2.24, 2.45) is 0 Å². The largest absolute Gasteiger partial charge is 0.300 e. The Labute approximate surface area is 195 Å². The maximum Gasteiger partial charge on any atom is 0.140 e. The van der Waals surface area contributed by atoms with Crippen molar-refractivity contribution in [3.8, 4) is 0 Å². The minimum Gasteiger partial charge on any atom is -0.300 e. The van der Waals surface area contributed by atoms with E-state index < -0.39 is 0 Å². The first-order valence-electron chi connectivity index (χ1n) is 13.8. The molecule has 0 spiro atoms. The fourth-order valence-electron chi connectivity index (χ4n) is 4.17. The van der Waals surface area contributed by atoms with Crippen molar-refractivity contribution < 1.29 is 9.59 Å². The zero-order chi connectivity index (χ0) is 22.8. The molecule has 0 aromatic heterocycles. The second-order valence-corrected chi connectivity index (χ2v) is 9.58. The van der Waals surface area contributed by atoms with Crippen LogP contribution in [0.3, 0.4) is 0 Å². The summed E-state index contributed by atoms with van der Waals surface area (Å²) in [4.78, 5) is 22.3. The number of rotatable bonds is 25. The Morgan fingerprint density at radius 1 is 0.516 bits per heavy atom. The fraction of sp³-hybridized carbons (Fsp3) is 0.862. The number of carbonyl (C=O) groups is 2. The highest BCUT2D eigenvalue weighted by Gasteiger charge is 2.04. The van der Waals surface area contributed by atoms with Crippen LogP contribution >= 0.6 is 0 Å². The lowest BCUT2D eigenvalue weighted by molar-refractivity contribution is -0.125. The van der Waals surface area contributed by atoms with E-state index >= 15 is 0 Å². The molecule has 0 heterocycles. The van der Waals surface area contributed by atoms with Crippen LogP contribution in [0.5, 0.6) is 0 Å². The molecule has 0 aliphatic heterocycles. The Bertz CT molecular complexity index is 424. The minimum atomic E-state index is -0.00348. The number of ketones is 2. The summed E-state index contributed by atoms with van der Waals surface area (Å²) in [5.74, 6) is 0.115. The second kappa shape index (κ2) is 25.3. The van der Waals surface area contributed by atoms with E-state index in [0.29, 0.717) is 6.42 Å². The Morgan fingerprint density at radius 2 is 0.871 bits per heavy atom. The van der Waals surface area contributed by atoms with Crippen molar-refractivity contribution in [3.05, 3.63) is 12.2 Å². The standard InChI is InChI=1S/C29H54O2/c1-3-4-5-6-7-8-9-10-11-12-13-14-15-16-17-18-19-20-21-22-23-24-25-26-29(31)27-28(2)30/h10-11H,3-9,12-27H2,1-2H3. The molecule has 0 aliphatic carbocycles. The van der Waals surface area contributed by atoms with Gasteiger partial charge in [0.1, 0.15) is 11.6 Å². The van der Waals surface area contributed by atoms with Gasteiger partial charge in [0.05, 0.1) is 6.42 Å². The Morgan fingerprint density at radius 3 is 1.26 bits per heavy atom. The number of hydrogen-bond acceptors (Lipinski definition) is 2. The summed E-state index contributed by atoms with van der Waals surface area (Å²) in [6.07, 6.45) is 33.6. The lowest BCUT2D eigenvalue weighted by Gasteiger charge is -2.03. The van der Waals surface area contributed by atoms with Crippen molar-refractivity contribution in [2.45, 2.75) is 162 Å². The molecule has 182 valence electrons. The van der Waals surface area contributed by atoms with E-state index in [0.717, 1.165) is 12.8 Å². The van der Waals surface area contributed by atoms with Crippen molar-refractivity contribution in [1.29, 1.82) is 0 Å². The van der Waals surface area contributed by atoms with Crippen LogP contribution in [0.1, 0.15) is 162 Å². The molecule has 0 aromatic carbocycles. The summed E-state index contributed by atoms with van der Waals surface area (Å²) in [5, 5.41) is 0. The average Bonchev–Trinajstić information content (AvgIpc) is 2.73. The number of carbonyl (C=O) groups excluding carboxylic acids is 2. The van der Waals surface area contributed by atoms with E-state index in [1.807, 2.05) is 0 Å². The van der Waals surface area contributed by atoms with Crippen LogP contribution in [0.15, 0.2) is 12.2 Å². The third-order valence-corrected chi connectivity index (χ3v) is 6.16. The highest BCUT2D eigenvalue weighted by Crippen LogP contribution is 2.14. The van der Waals surface area contributed by atoms with E-state index in [1.54, 1.807) is 0 Å². The highest BCUT2D eigenvalue weighted by atomic mass is 16.1. The number of unbranched alkanes of at least 4 members (excludes halogenated alkanes) is 19. The van der Waals surface area contributed by atoms with E-state index in [9.17, 15) is 9.59 Å². The van der Waals surface area contributed by atoms with Crippen molar-refractivity contribution in [2.75, 3.05) is 0 Å². The Kier molecular flexibility index (Phi) is 24.6. The molecule has 0 radical (unpaired) electrons. The van der Waals surface area contributed by atoms with Gasteiger partial charge >= 0.3 is 0 Å². The van der Waals surface area contributed by atoms with E-state index in [-0.39, 0.29) is 18.0 Å². The van der Waals surface area contributed by atoms with Crippen LogP contribution in [0.2, 0.25) is 0 Å². The van der Waals surface area contributed by atoms with Gasteiger partial charge in [-0.3, -0.25) is 9.59 Å². The van der Waals surface area contributed by atoms with Gasteiger partial charge in [0.25, 0.3) is 0 Å². The molecule has 0 saturated heterocycles. The van der Waals surface area contributed by atoms with Crippen LogP contribution in [0.4, 0.5) is 0 Å². The van der Waals surface area contributed by atoms with Gasteiger partial charge < -0.3 is 0 Å². The monoisotopic (exact) mass is 434 g/mol. The summed E-state index contributed by atoms with van der Waals surface area (Å²) in [5.41, 5.74) is 0. The van der Waals surface area contributed by atoms with Crippen molar-refractivity contribution in [1.82, 2.24) is 0 Å². The summed E-state index contributed by atoms with van der Waals surface area (Å²) < 4.78 is 0. The van der Waals surface area contributed by atoms with Gasteiger partial charge in [-0.25, -0.2) is 0 Å². The molecule has 0 aromatic rings. The molecule has 0 unspecified atom stereocenters. The summed E-state index contributed by atoms with van der Waals surface area (Å²) in [7, 11) is 0. The summed E-state index contributed by atoms with van der Waals surface area (Å²) in [6, 6.07) is 0. The zero-order valence-corrected chi connectivity index (χ0v) is 21.2. The van der Waals surface area contributed by atoms with Gasteiger partial charge in [-0.1, -0.05) is 122 Å². The van der Waals surface area contributed by atoms with Crippen molar-refractivity contribution in [3.63, 3.8) is 0 Å². The quantitative estimate of drug-likeness (QED) is 0.0813. The van der Waals surface area contributed by atoms with E-state index in [1.165, 1.54) is 129 Å². The molecule has 0 saturated carbocycles. The van der Waals surface area contributed by atoms with Crippen LogP contribution in [-0.4, -0.2) is 11.6 Å². The molecule has 0 N–H and O–H groups in total. The minimum absolute atomic E-state index is 0.00348. The maximum atomic E-state index is 11.4. The van der Waals surface area contributed by atoms with Gasteiger partial charge in [0.2, 0.25) is 0 Å². The summed E-state index contributed by atoms with van der Waals surface area (Å²) >= 11 is 0. The first-order valence-corrected chi connectivity index (χ1v) is 13.8. The molecule has 0 bridgehead atoms. The second-order valence-electron chi connectivity index (χ2n) is 9.58.